The number of hydrogen-bond donors (Lipinski definition) is 0. The van der Waals surface area contributed by atoms with Crippen molar-refractivity contribution in [2.75, 3.05) is 0 Å². The Kier molecular flexibility index (Phi) is 5.49. The first-order valence-corrected chi connectivity index (χ1v) is 13.3. The number of benzene rings is 3. The normalized spacial score (nSPS) is 13.5. The fourth-order valence-corrected chi connectivity index (χ4v) is 7.11. The number of thioether (sulfide) groups is 1. The molecule has 6 heteroatoms. The van der Waals surface area contributed by atoms with E-state index in [1.807, 2.05) is 24.3 Å². The summed E-state index contributed by atoms with van der Waals surface area (Å²) in [5.41, 5.74) is 3.28. The molecule has 2 aromatic heterocycles. The van der Waals surface area contributed by atoms with Crippen molar-refractivity contribution in [3.63, 3.8) is 0 Å². The number of nitrogens with zero attached hydrogens (tertiary/aromatic N) is 2. The van der Waals surface area contributed by atoms with E-state index < -0.39 is 0 Å². The molecule has 33 heavy (non-hydrogen) atoms. The van der Waals surface area contributed by atoms with E-state index in [2.05, 4.69) is 42.5 Å². The molecule has 1 aliphatic rings. The minimum absolute atomic E-state index is 0.0298. The lowest BCUT2D eigenvalue weighted by Crippen LogP contribution is -2.22. The summed E-state index contributed by atoms with van der Waals surface area (Å²) in [6.45, 7) is 0. The van der Waals surface area contributed by atoms with Gasteiger partial charge in [0.05, 0.1) is 11.1 Å². The first kappa shape index (κ1) is 21.0. The lowest BCUT2D eigenvalue weighted by atomic mass is 9.97. The van der Waals surface area contributed by atoms with Crippen LogP contribution >= 0.6 is 34.7 Å². The highest BCUT2D eigenvalue weighted by Gasteiger charge is 2.23. The lowest BCUT2D eigenvalue weighted by Gasteiger charge is -2.14. The molecule has 0 spiro atoms. The van der Waals surface area contributed by atoms with E-state index in [9.17, 15) is 4.79 Å². The van der Waals surface area contributed by atoms with Gasteiger partial charge in [0, 0.05) is 15.7 Å². The van der Waals surface area contributed by atoms with Crippen LogP contribution in [0.2, 0.25) is 5.02 Å². The highest BCUT2D eigenvalue weighted by atomic mass is 35.5. The molecule has 0 atom stereocenters. The van der Waals surface area contributed by atoms with Gasteiger partial charge in [0.15, 0.2) is 5.16 Å². The molecule has 3 nitrogen and oxygen atoms in total. The van der Waals surface area contributed by atoms with Gasteiger partial charge in [-0.05, 0) is 71.8 Å². The van der Waals surface area contributed by atoms with Crippen molar-refractivity contribution in [2.45, 2.75) is 36.6 Å². The fourth-order valence-electron chi connectivity index (χ4n) is 4.66. The second kappa shape index (κ2) is 8.64. The van der Waals surface area contributed by atoms with Crippen molar-refractivity contribution in [3.8, 4) is 5.69 Å². The molecule has 164 valence electrons. The molecule has 3 aromatic carbocycles. The maximum Gasteiger partial charge on any atom is 0.267 e. The molecule has 0 amide bonds. The summed E-state index contributed by atoms with van der Waals surface area (Å²) < 4.78 is 1.77. The molecule has 5 aromatic rings. The number of rotatable bonds is 4. The Morgan fingerprint density at radius 1 is 0.970 bits per heavy atom. The van der Waals surface area contributed by atoms with Gasteiger partial charge in [-0.3, -0.25) is 9.36 Å². The van der Waals surface area contributed by atoms with Gasteiger partial charge in [-0.25, -0.2) is 4.98 Å². The summed E-state index contributed by atoms with van der Waals surface area (Å²) >= 11 is 9.46. The van der Waals surface area contributed by atoms with Crippen LogP contribution in [0.3, 0.4) is 0 Å². The SMILES string of the molecule is O=c1c2c3c(sc2nc(SCc2cccc4ccccc24)n1-c1ccc(Cl)cc1)CCCC3. The number of aromatic nitrogens is 2. The third-order valence-electron chi connectivity index (χ3n) is 6.28. The summed E-state index contributed by atoms with van der Waals surface area (Å²) in [7, 11) is 0. The van der Waals surface area contributed by atoms with Gasteiger partial charge in [0.2, 0.25) is 0 Å². The molecule has 0 radical (unpaired) electrons. The van der Waals surface area contributed by atoms with E-state index in [0.717, 1.165) is 46.1 Å². The summed E-state index contributed by atoms with van der Waals surface area (Å²) in [5.74, 6) is 0.734. The molecule has 2 heterocycles. The molecule has 6 rings (SSSR count). The quantitative estimate of drug-likeness (QED) is 0.195. The molecule has 0 saturated heterocycles. The Morgan fingerprint density at radius 2 is 1.76 bits per heavy atom. The van der Waals surface area contributed by atoms with Crippen molar-refractivity contribution in [2.24, 2.45) is 0 Å². The van der Waals surface area contributed by atoms with Gasteiger partial charge in [0.1, 0.15) is 4.83 Å². The van der Waals surface area contributed by atoms with Gasteiger partial charge in [0.25, 0.3) is 5.56 Å². The van der Waals surface area contributed by atoms with Gasteiger partial charge in [-0.15, -0.1) is 11.3 Å². The first-order chi connectivity index (χ1) is 16.2. The van der Waals surface area contributed by atoms with E-state index in [0.29, 0.717) is 5.02 Å². The summed E-state index contributed by atoms with van der Waals surface area (Å²) in [6, 6.07) is 22.3. The predicted molar refractivity (Wildman–Crippen MR) is 140 cm³/mol. The number of fused-ring (bicyclic) bond motifs is 4. The van der Waals surface area contributed by atoms with Crippen molar-refractivity contribution in [3.05, 3.63) is 98.1 Å². The maximum absolute atomic E-state index is 13.9. The predicted octanol–water partition coefficient (Wildman–Crippen LogP) is 7.42. The fraction of sp³-hybridized carbons (Fsp3) is 0.185. The third kappa shape index (κ3) is 3.78. The van der Waals surface area contributed by atoms with Crippen LogP contribution in [0.5, 0.6) is 0 Å². The van der Waals surface area contributed by atoms with E-state index in [1.54, 1.807) is 27.7 Å². The molecular weight excluding hydrogens is 468 g/mol. The monoisotopic (exact) mass is 488 g/mol. The number of halogens is 1. The Morgan fingerprint density at radius 3 is 2.64 bits per heavy atom. The highest BCUT2D eigenvalue weighted by molar-refractivity contribution is 7.98. The molecule has 0 saturated carbocycles. The summed E-state index contributed by atoms with van der Waals surface area (Å²) in [4.78, 5) is 21.1. The zero-order valence-electron chi connectivity index (χ0n) is 17.9. The third-order valence-corrected chi connectivity index (χ3v) is 8.70. The van der Waals surface area contributed by atoms with E-state index in [1.165, 1.54) is 33.2 Å². The molecular formula is C27H21ClN2OS2. The molecule has 0 fully saturated rings. The minimum Gasteiger partial charge on any atom is -0.268 e. The van der Waals surface area contributed by atoms with E-state index >= 15 is 0 Å². The average Bonchev–Trinajstić information content (AvgIpc) is 3.22. The molecule has 1 aliphatic carbocycles. The van der Waals surface area contributed by atoms with Crippen LogP contribution in [0.25, 0.3) is 26.7 Å². The Hall–Kier alpha value is -2.60. The average molecular weight is 489 g/mol. The van der Waals surface area contributed by atoms with Crippen molar-refractivity contribution in [1.82, 2.24) is 9.55 Å². The number of aryl methyl sites for hydroxylation is 2. The van der Waals surface area contributed by atoms with Crippen molar-refractivity contribution in [1.29, 1.82) is 0 Å². The van der Waals surface area contributed by atoms with Crippen LogP contribution in [-0.4, -0.2) is 9.55 Å². The largest absolute Gasteiger partial charge is 0.268 e. The van der Waals surface area contributed by atoms with Crippen LogP contribution in [0.1, 0.15) is 28.8 Å². The van der Waals surface area contributed by atoms with Gasteiger partial charge < -0.3 is 0 Å². The molecule has 0 aliphatic heterocycles. The standard InChI is InChI=1S/C27H21ClN2OS2/c28-19-12-14-20(15-13-19)30-26(31)24-22-10-3-4-11-23(22)33-25(24)29-27(30)32-16-18-8-5-7-17-6-1-2-9-21(17)18/h1-2,5-9,12-15H,3-4,10-11,16H2. The van der Waals surface area contributed by atoms with E-state index in [4.69, 9.17) is 16.6 Å². The zero-order valence-corrected chi connectivity index (χ0v) is 20.3. The summed E-state index contributed by atoms with van der Waals surface area (Å²) in [6.07, 6.45) is 4.34. The summed E-state index contributed by atoms with van der Waals surface area (Å²) in [5, 5.41) is 4.64. The van der Waals surface area contributed by atoms with Crippen LogP contribution in [0.15, 0.2) is 76.7 Å². The second-order valence-corrected chi connectivity index (χ2v) is 10.8. The number of thiophene rings is 1. The Bertz CT molecular complexity index is 1550. The van der Waals surface area contributed by atoms with Crippen LogP contribution < -0.4 is 5.56 Å². The highest BCUT2D eigenvalue weighted by Crippen LogP contribution is 2.36. The maximum atomic E-state index is 13.9. The van der Waals surface area contributed by atoms with Crippen molar-refractivity contribution < 1.29 is 0 Å². The number of hydrogen-bond acceptors (Lipinski definition) is 4. The van der Waals surface area contributed by atoms with Crippen LogP contribution in [-0.2, 0) is 18.6 Å². The van der Waals surface area contributed by atoms with Crippen LogP contribution in [0, 0.1) is 0 Å². The molecule has 0 unspecified atom stereocenters. The zero-order chi connectivity index (χ0) is 22.4. The smallest absolute Gasteiger partial charge is 0.267 e. The van der Waals surface area contributed by atoms with Crippen LogP contribution in [0.4, 0.5) is 0 Å². The van der Waals surface area contributed by atoms with Crippen molar-refractivity contribution >= 4 is 55.7 Å². The Labute approximate surface area is 205 Å². The molecule has 0 bridgehead atoms. The Balaban J connectivity index is 1.50. The topological polar surface area (TPSA) is 34.9 Å². The minimum atomic E-state index is 0.0298. The van der Waals surface area contributed by atoms with Gasteiger partial charge in [-0.1, -0.05) is 65.8 Å². The van der Waals surface area contributed by atoms with Gasteiger partial charge >= 0.3 is 0 Å². The van der Waals surface area contributed by atoms with Gasteiger partial charge in [-0.2, -0.15) is 0 Å². The lowest BCUT2D eigenvalue weighted by molar-refractivity contribution is 0.699. The second-order valence-electron chi connectivity index (χ2n) is 8.33. The first-order valence-electron chi connectivity index (χ1n) is 11.1. The van der Waals surface area contributed by atoms with E-state index in [-0.39, 0.29) is 5.56 Å². The molecule has 0 N–H and O–H groups in total.